The maximum absolute atomic E-state index is 13.3. The van der Waals surface area contributed by atoms with Crippen molar-refractivity contribution in [2.24, 2.45) is 0 Å². The third-order valence-corrected chi connectivity index (χ3v) is 5.91. The number of anilines is 1. The number of Topliss-reactive ketones (excluding diaryl/α,β-unsaturated/α-hetero) is 1. The van der Waals surface area contributed by atoms with Gasteiger partial charge in [0.25, 0.3) is 11.7 Å². The first-order valence-corrected chi connectivity index (χ1v) is 10.5. The molecule has 4 rings (SSSR count). The number of benzene rings is 2. The van der Waals surface area contributed by atoms with Crippen LogP contribution in [0.3, 0.4) is 0 Å². The van der Waals surface area contributed by atoms with Gasteiger partial charge in [-0.2, -0.15) is 0 Å². The van der Waals surface area contributed by atoms with Crippen LogP contribution in [-0.4, -0.2) is 36.0 Å². The largest absolute Gasteiger partial charge is 0.507 e. The molecule has 1 aliphatic rings. The topological polar surface area (TPSA) is 89.0 Å². The van der Waals surface area contributed by atoms with Gasteiger partial charge in [0.05, 0.1) is 31.1 Å². The van der Waals surface area contributed by atoms with Crippen LogP contribution < -0.4 is 14.4 Å². The summed E-state index contributed by atoms with van der Waals surface area (Å²) in [7, 11) is 2.93. The summed E-state index contributed by atoms with van der Waals surface area (Å²) in [4.78, 5) is 32.1. The van der Waals surface area contributed by atoms with E-state index >= 15 is 0 Å². The fourth-order valence-electron chi connectivity index (χ4n) is 3.79. The van der Waals surface area contributed by atoms with Crippen molar-refractivity contribution < 1.29 is 24.2 Å². The Bertz CT molecular complexity index is 1270. The van der Waals surface area contributed by atoms with Crippen LogP contribution in [0.2, 0.25) is 5.02 Å². The van der Waals surface area contributed by atoms with Crippen LogP contribution in [0.1, 0.15) is 22.9 Å². The highest BCUT2D eigenvalue weighted by Gasteiger charge is 2.48. The van der Waals surface area contributed by atoms with E-state index in [1.54, 1.807) is 60.8 Å². The van der Waals surface area contributed by atoms with Gasteiger partial charge < -0.3 is 14.6 Å². The van der Waals surface area contributed by atoms with E-state index in [9.17, 15) is 14.7 Å². The molecule has 2 aromatic carbocycles. The van der Waals surface area contributed by atoms with Gasteiger partial charge in [-0.15, -0.1) is 0 Å². The van der Waals surface area contributed by atoms with E-state index in [-0.39, 0.29) is 16.9 Å². The number of hydrogen-bond donors (Lipinski definition) is 1. The Morgan fingerprint density at radius 2 is 1.85 bits per heavy atom. The number of aromatic nitrogens is 1. The zero-order valence-electron chi connectivity index (χ0n) is 18.2. The lowest BCUT2D eigenvalue weighted by atomic mass is 9.97. The number of rotatable bonds is 5. The minimum absolute atomic E-state index is 0.109. The number of halogens is 1. The number of methoxy groups -OCH3 is 2. The monoisotopic (exact) mass is 464 g/mol. The predicted octanol–water partition coefficient (Wildman–Crippen LogP) is 4.69. The van der Waals surface area contributed by atoms with Gasteiger partial charge in [0.1, 0.15) is 23.3 Å². The molecule has 0 saturated carbocycles. The zero-order valence-corrected chi connectivity index (χ0v) is 19.0. The molecule has 1 saturated heterocycles. The van der Waals surface area contributed by atoms with Gasteiger partial charge >= 0.3 is 0 Å². The highest BCUT2D eigenvalue weighted by molar-refractivity contribution is 6.51. The first-order chi connectivity index (χ1) is 15.9. The number of hydrogen-bond acceptors (Lipinski definition) is 6. The summed E-state index contributed by atoms with van der Waals surface area (Å²) in [5, 5.41) is 11.8. The molecule has 1 N–H and O–H groups in total. The SMILES string of the molecule is COc1ccc(OC)c(/C(O)=C2\C(=O)C(=O)N(c3ccc(C)c(Cl)c3)C2c2ccccn2)c1. The van der Waals surface area contributed by atoms with Crippen molar-refractivity contribution in [2.75, 3.05) is 19.1 Å². The number of aliphatic hydroxyl groups excluding tert-OH is 1. The van der Waals surface area contributed by atoms with Crippen molar-refractivity contribution in [1.82, 2.24) is 4.98 Å². The second kappa shape index (κ2) is 8.96. The van der Waals surface area contributed by atoms with Crippen molar-refractivity contribution >= 4 is 34.7 Å². The Labute approximate surface area is 195 Å². The number of carbonyl (C=O) groups is 2. The maximum atomic E-state index is 13.3. The number of carbonyl (C=O) groups excluding carboxylic acids is 2. The lowest BCUT2D eigenvalue weighted by molar-refractivity contribution is -0.132. The Hall–Kier alpha value is -3.84. The number of nitrogens with zero attached hydrogens (tertiary/aromatic N) is 2. The molecule has 0 spiro atoms. The maximum Gasteiger partial charge on any atom is 0.300 e. The van der Waals surface area contributed by atoms with Crippen LogP contribution in [0.25, 0.3) is 5.76 Å². The van der Waals surface area contributed by atoms with Crippen molar-refractivity contribution in [3.63, 3.8) is 0 Å². The molecule has 3 aromatic rings. The highest BCUT2D eigenvalue weighted by Crippen LogP contribution is 2.43. The van der Waals surface area contributed by atoms with Gasteiger partial charge in [0.15, 0.2) is 0 Å². The van der Waals surface area contributed by atoms with E-state index < -0.39 is 17.7 Å². The van der Waals surface area contributed by atoms with E-state index in [0.717, 1.165) is 5.56 Å². The average molecular weight is 465 g/mol. The summed E-state index contributed by atoms with van der Waals surface area (Å²) in [6.07, 6.45) is 1.56. The van der Waals surface area contributed by atoms with E-state index in [2.05, 4.69) is 4.98 Å². The Morgan fingerprint density at radius 3 is 2.48 bits per heavy atom. The predicted molar refractivity (Wildman–Crippen MR) is 125 cm³/mol. The van der Waals surface area contributed by atoms with E-state index in [0.29, 0.717) is 27.9 Å². The number of aliphatic hydroxyl groups is 1. The summed E-state index contributed by atoms with van der Waals surface area (Å²) in [5.41, 5.74) is 1.77. The van der Waals surface area contributed by atoms with Crippen molar-refractivity contribution in [1.29, 1.82) is 0 Å². The Morgan fingerprint density at radius 1 is 1.06 bits per heavy atom. The fraction of sp³-hybridized carbons (Fsp3) is 0.160. The molecule has 1 aromatic heterocycles. The molecule has 2 heterocycles. The van der Waals surface area contributed by atoms with Crippen LogP contribution in [-0.2, 0) is 9.59 Å². The molecular formula is C25H21ClN2O5. The molecule has 168 valence electrons. The summed E-state index contributed by atoms with van der Waals surface area (Å²) in [6, 6.07) is 14.1. The molecule has 1 atom stereocenters. The lowest BCUT2D eigenvalue weighted by Gasteiger charge is -2.25. The van der Waals surface area contributed by atoms with Crippen molar-refractivity contribution in [2.45, 2.75) is 13.0 Å². The van der Waals surface area contributed by atoms with E-state index in [1.165, 1.54) is 19.1 Å². The zero-order chi connectivity index (χ0) is 23.7. The number of pyridine rings is 1. The molecule has 8 heteroatoms. The van der Waals surface area contributed by atoms with E-state index in [4.69, 9.17) is 21.1 Å². The minimum Gasteiger partial charge on any atom is -0.507 e. The second-order valence-corrected chi connectivity index (χ2v) is 7.83. The summed E-state index contributed by atoms with van der Waals surface area (Å²) in [5.74, 6) is -1.26. The van der Waals surface area contributed by atoms with Gasteiger partial charge in [0, 0.05) is 16.9 Å². The summed E-state index contributed by atoms with van der Waals surface area (Å²) >= 11 is 6.31. The second-order valence-electron chi connectivity index (χ2n) is 7.42. The fourth-order valence-corrected chi connectivity index (χ4v) is 3.97. The normalized spacial score (nSPS) is 17.3. The quantitative estimate of drug-likeness (QED) is 0.335. The van der Waals surface area contributed by atoms with Crippen LogP contribution in [0, 0.1) is 6.92 Å². The Kier molecular flexibility index (Phi) is 6.07. The van der Waals surface area contributed by atoms with Gasteiger partial charge in [-0.05, 0) is 55.0 Å². The summed E-state index contributed by atoms with van der Waals surface area (Å²) in [6.45, 7) is 1.84. The van der Waals surface area contributed by atoms with Crippen LogP contribution in [0.15, 0.2) is 66.4 Å². The minimum atomic E-state index is -0.971. The molecular weight excluding hydrogens is 444 g/mol. The smallest absolute Gasteiger partial charge is 0.300 e. The van der Waals surface area contributed by atoms with Crippen LogP contribution in [0.4, 0.5) is 5.69 Å². The number of aryl methyl sites for hydroxylation is 1. The van der Waals surface area contributed by atoms with Gasteiger partial charge in [-0.3, -0.25) is 19.5 Å². The third-order valence-electron chi connectivity index (χ3n) is 5.51. The van der Waals surface area contributed by atoms with Gasteiger partial charge in [-0.25, -0.2) is 0 Å². The highest BCUT2D eigenvalue weighted by atomic mass is 35.5. The number of ketones is 1. The molecule has 1 fully saturated rings. The first-order valence-electron chi connectivity index (χ1n) is 10.1. The molecule has 1 amide bonds. The Balaban J connectivity index is 1.98. The van der Waals surface area contributed by atoms with E-state index in [1.807, 2.05) is 6.92 Å². The average Bonchev–Trinajstić information content (AvgIpc) is 3.11. The van der Waals surface area contributed by atoms with Crippen molar-refractivity contribution in [3.8, 4) is 11.5 Å². The molecule has 0 bridgehead atoms. The first kappa shape index (κ1) is 22.4. The van der Waals surface area contributed by atoms with Gasteiger partial charge in [0.2, 0.25) is 0 Å². The standard InChI is InChI=1S/C25H21ClN2O5/c1-14-7-8-15(12-18(14)26)28-22(19-6-4-5-11-27-19)21(24(30)25(28)31)23(29)17-13-16(32-2)9-10-20(17)33-3/h4-13,22,29H,1-3H3/b23-21+. The molecule has 0 aliphatic carbocycles. The third kappa shape index (κ3) is 3.91. The lowest BCUT2D eigenvalue weighted by Crippen LogP contribution is -2.29. The molecule has 1 aliphatic heterocycles. The van der Waals surface area contributed by atoms with Crippen LogP contribution in [0.5, 0.6) is 11.5 Å². The molecule has 33 heavy (non-hydrogen) atoms. The molecule has 0 radical (unpaired) electrons. The molecule has 1 unspecified atom stereocenters. The van der Waals surface area contributed by atoms with Crippen LogP contribution >= 0.6 is 11.6 Å². The van der Waals surface area contributed by atoms with Crippen molar-refractivity contribution in [3.05, 3.63) is 88.2 Å². The molecule has 7 nitrogen and oxygen atoms in total. The number of amides is 1. The summed E-state index contributed by atoms with van der Waals surface area (Å²) < 4.78 is 10.6. The van der Waals surface area contributed by atoms with Gasteiger partial charge in [-0.1, -0.05) is 23.7 Å². The number of ether oxygens (including phenoxy) is 2.